The molecule has 0 amide bonds. The van der Waals surface area contributed by atoms with Crippen LogP contribution in [-0.4, -0.2) is 58.0 Å². The summed E-state index contributed by atoms with van der Waals surface area (Å²) in [6.45, 7) is 8.37. The van der Waals surface area contributed by atoms with E-state index in [1.165, 1.54) is 37.1 Å². The molecule has 5 heteroatoms. The second-order valence-electron chi connectivity index (χ2n) is 8.73. The maximum Gasteiger partial charge on any atom is 0.0650 e. The van der Waals surface area contributed by atoms with Gasteiger partial charge in [0.25, 0.3) is 0 Å². The second-order valence-corrected chi connectivity index (χ2v) is 8.73. The Kier molecular flexibility index (Phi) is 5.24. The maximum absolute atomic E-state index is 10.4. The average Bonchev–Trinajstić information content (AvgIpc) is 3.23. The monoisotopic (exact) mass is 368 g/mol. The average molecular weight is 369 g/mol. The van der Waals surface area contributed by atoms with Crippen LogP contribution in [0, 0.1) is 5.92 Å². The molecule has 27 heavy (non-hydrogen) atoms. The molecule has 0 spiro atoms. The zero-order valence-corrected chi connectivity index (χ0v) is 16.6. The van der Waals surface area contributed by atoms with E-state index in [4.69, 9.17) is 0 Å². The largest absolute Gasteiger partial charge is 0.390 e. The Morgan fingerprint density at radius 1 is 1.11 bits per heavy atom. The summed E-state index contributed by atoms with van der Waals surface area (Å²) in [4.78, 5) is 5.15. The van der Waals surface area contributed by atoms with Crippen LogP contribution in [0.1, 0.15) is 39.5 Å². The number of hydrogen-bond acceptors (Lipinski definition) is 4. The third-order valence-corrected chi connectivity index (χ3v) is 6.46. The minimum atomic E-state index is -0.563. The van der Waals surface area contributed by atoms with Crippen molar-refractivity contribution in [3.63, 3.8) is 0 Å². The third-order valence-electron chi connectivity index (χ3n) is 6.46. The highest BCUT2D eigenvalue weighted by molar-refractivity contribution is 5.65. The number of aliphatic hydroxyl groups is 1. The van der Waals surface area contributed by atoms with Crippen molar-refractivity contribution in [1.82, 2.24) is 15.1 Å². The van der Waals surface area contributed by atoms with Crippen molar-refractivity contribution in [2.45, 2.75) is 51.2 Å². The first-order valence-electron chi connectivity index (χ1n) is 10.3. The van der Waals surface area contributed by atoms with E-state index in [1.54, 1.807) is 6.20 Å². The number of piperidine rings is 2. The first-order valence-corrected chi connectivity index (χ1v) is 10.3. The first kappa shape index (κ1) is 18.5. The van der Waals surface area contributed by atoms with E-state index in [2.05, 4.69) is 44.3 Å². The molecule has 1 atom stereocenters. The highest BCUT2D eigenvalue weighted by Crippen LogP contribution is 2.31. The number of aromatic nitrogens is 2. The Hall–Kier alpha value is -1.85. The lowest BCUT2D eigenvalue weighted by molar-refractivity contribution is -0.0289. The highest BCUT2D eigenvalue weighted by Gasteiger charge is 2.34. The lowest BCUT2D eigenvalue weighted by Crippen LogP contribution is -2.51. The van der Waals surface area contributed by atoms with Crippen molar-refractivity contribution in [2.24, 2.45) is 5.92 Å². The third kappa shape index (κ3) is 4.19. The molecule has 0 bridgehead atoms. The van der Waals surface area contributed by atoms with Gasteiger partial charge >= 0.3 is 0 Å². The minimum absolute atomic E-state index is 0.398. The van der Waals surface area contributed by atoms with Crippen molar-refractivity contribution in [1.29, 1.82) is 0 Å². The smallest absolute Gasteiger partial charge is 0.0650 e. The Morgan fingerprint density at radius 2 is 1.93 bits per heavy atom. The molecule has 2 saturated heterocycles. The summed E-state index contributed by atoms with van der Waals surface area (Å²) in [6, 6.07) is 11.4. The van der Waals surface area contributed by atoms with Crippen molar-refractivity contribution in [3.05, 3.63) is 36.5 Å². The van der Waals surface area contributed by atoms with E-state index in [-0.39, 0.29) is 0 Å². The summed E-state index contributed by atoms with van der Waals surface area (Å²) in [6.07, 6.45) is 6.56. The minimum Gasteiger partial charge on any atom is -0.390 e. The topological polar surface area (TPSA) is 55.4 Å². The van der Waals surface area contributed by atoms with Crippen LogP contribution in [0.4, 0.5) is 5.69 Å². The molecule has 2 aliphatic heterocycles. The number of likely N-dealkylation sites (tertiary alicyclic amines) is 1. The lowest BCUT2D eigenvalue weighted by atomic mass is 9.83. The van der Waals surface area contributed by atoms with Crippen molar-refractivity contribution in [3.8, 4) is 11.3 Å². The van der Waals surface area contributed by atoms with Gasteiger partial charge in [0.2, 0.25) is 0 Å². The molecule has 146 valence electrons. The fourth-order valence-electron chi connectivity index (χ4n) is 4.69. The fourth-order valence-corrected chi connectivity index (χ4v) is 4.69. The number of benzene rings is 1. The van der Waals surface area contributed by atoms with Crippen LogP contribution in [0.5, 0.6) is 0 Å². The summed E-state index contributed by atoms with van der Waals surface area (Å²) in [5.74, 6) is 0.398. The van der Waals surface area contributed by atoms with Crippen LogP contribution in [0.15, 0.2) is 36.5 Å². The van der Waals surface area contributed by atoms with Gasteiger partial charge in [-0.2, -0.15) is 5.10 Å². The Labute approximate surface area is 162 Å². The van der Waals surface area contributed by atoms with Gasteiger partial charge in [0.15, 0.2) is 0 Å². The number of hydrogen-bond donors (Lipinski definition) is 2. The van der Waals surface area contributed by atoms with Gasteiger partial charge in [-0.15, -0.1) is 0 Å². The Balaban J connectivity index is 1.37. The molecular weight excluding hydrogens is 336 g/mol. The van der Waals surface area contributed by atoms with Gasteiger partial charge < -0.3 is 10.0 Å². The lowest BCUT2D eigenvalue weighted by Gasteiger charge is -2.45. The standard InChI is InChI=1S/C22H32N4O/c1-22(2,27)18-6-4-12-26(16-18)19-9-13-25(14-10-19)20-7-3-5-17(15-20)21-8-11-23-24-21/h3,5,7-8,11,15,18-19,27H,4,6,9-10,12-14,16H2,1-2H3,(H,23,24). The molecule has 2 aliphatic rings. The van der Waals surface area contributed by atoms with Crippen LogP contribution in [-0.2, 0) is 0 Å². The van der Waals surface area contributed by atoms with Gasteiger partial charge in [-0.1, -0.05) is 12.1 Å². The van der Waals surface area contributed by atoms with Crippen LogP contribution in [0.25, 0.3) is 11.3 Å². The Bertz CT molecular complexity index is 729. The van der Waals surface area contributed by atoms with Crippen LogP contribution in [0.2, 0.25) is 0 Å². The van der Waals surface area contributed by atoms with Crippen LogP contribution in [0.3, 0.4) is 0 Å². The molecule has 5 nitrogen and oxygen atoms in total. The van der Waals surface area contributed by atoms with Gasteiger partial charge in [-0.25, -0.2) is 0 Å². The summed E-state index contributed by atoms with van der Waals surface area (Å²) in [5.41, 5.74) is 2.99. The number of aromatic amines is 1. The predicted molar refractivity (Wildman–Crippen MR) is 110 cm³/mol. The molecule has 2 fully saturated rings. The number of rotatable bonds is 4. The molecule has 0 radical (unpaired) electrons. The summed E-state index contributed by atoms with van der Waals surface area (Å²) < 4.78 is 0. The molecule has 0 saturated carbocycles. The molecule has 4 rings (SSSR count). The van der Waals surface area contributed by atoms with E-state index >= 15 is 0 Å². The van der Waals surface area contributed by atoms with Crippen molar-refractivity contribution < 1.29 is 5.11 Å². The SMILES string of the molecule is CC(C)(O)C1CCCN(C2CCN(c3cccc(-c4ccn[nH]4)c3)CC2)C1. The summed E-state index contributed by atoms with van der Waals surface area (Å²) in [5, 5.41) is 17.5. The zero-order valence-electron chi connectivity index (χ0n) is 16.6. The van der Waals surface area contributed by atoms with Crippen LogP contribution >= 0.6 is 0 Å². The van der Waals surface area contributed by atoms with E-state index in [0.717, 1.165) is 31.7 Å². The zero-order chi connectivity index (χ0) is 18.9. The van der Waals surface area contributed by atoms with Gasteiger partial charge in [-0.3, -0.25) is 10.00 Å². The molecule has 1 aromatic heterocycles. The summed E-state index contributed by atoms with van der Waals surface area (Å²) >= 11 is 0. The molecule has 1 aromatic carbocycles. The number of H-pyrrole nitrogens is 1. The van der Waals surface area contributed by atoms with E-state index < -0.39 is 5.60 Å². The highest BCUT2D eigenvalue weighted by atomic mass is 16.3. The maximum atomic E-state index is 10.4. The normalized spacial score (nSPS) is 22.9. The predicted octanol–water partition coefficient (Wildman–Crippen LogP) is 3.53. The molecule has 2 N–H and O–H groups in total. The number of nitrogens with zero attached hydrogens (tertiary/aromatic N) is 3. The number of anilines is 1. The molecular formula is C22H32N4O. The van der Waals surface area contributed by atoms with Gasteiger partial charge in [0.1, 0.15) is 0 Å². The van der Waals surface area contributed by atoms with Crippen molar-refractivity contribution >= 4 is 5.69 Å². The van der Waals surface area contributed by atoms with E-state index in [9.17, 15) is 5.11 Å². The first-order chi connectivity index (χ1) is 13.0. The second kappa shape index (κ2) is 7.64. The number of nitrogens with one attached hydrogen (secondary N) is 1. The van der Waals surface area contributed by atoms with Gasteiger partial charge in [0, 0.05) is 43.1 Å². The quantitative estimate of drug-likeness (QED) is 0.867. The van der Waals surface area contributed by atoms with Crippen LogP contribution < -0.4 is 4.90 Å². The van der Waals surface area contributed by atoms with Gasteiger partial charge in [0.05, 0.1) is 11.3 Å². The van der Waals surface area contributed by atoms with Gasteiger partial charge in [-0.05, 0) is 70.2 Å². The molecule has 2 aromatic rings. The van der Waals surface area contributed by atoms with Crippen molar-refractivity contribution in [2.75, 3.05) is 31.1 Å². The Morgan fingerprint density at radius 3 is 2.63 bits per heavy atom. The van der Waals surface area contributed by atoms with E-state index in [1.807, 2.05) is 19.9 Å². The molecule has 1 unspecified atom stereocenters. The molecule has 0 aliphatic carbocycles. The fraction of sp³-hybridized carbons (Fsp3) is 0.591. The summed E-state index contributed by atoms with van der Waals surface area (Å²) in [7, 11) is 0. The molecule has 3 heterocycles. The van der Waals surface area contributed by atoms with E-state index in [0.29, 0.717) is 12.0 Å².